The molecule has 0 radical (unpaired) electrons. The van der Waals surface area contributed by atoms with Gasteiger partial charge in [0, 0.05) is 13.1 Å². The highest BCUT2D eigenvalue weighted by atomic mass is 32.2. The first kappa shape index (κ1) is 16.5. The Labute approximate surface area is 128 Å². The summed E-state index contributed by atoms with van der Waals surface area (Å²) in [6.07, 6.45) is 3.25. The zero-order chi connectivity index (χ0) is 15.3. The molecule has 1 fully saturated rings. The molecular formula is C16H26N2O2S. The Morgan fingerprint density at radius 1 is 1.19 bits per heavy atom. The summed E-state index contributed by atoms with van der Waals surface area (Å²) in [5.74, 6) is 0.569. The number of sulfonamides is 1. The van der Waals surface area contributed by atoms with Gasteiger partial charge in [-0.1, -0.05) is 26.0 Å². The third-order valence-corrected chi connectivity index (χ3v) is 5.87. The number of benzene rings is 1. The first-order chi connectivity index (χ1) is 10.1. The molecule has 0 heterocycles. The van der Waals surface area contributed by atoms with E-state index in [1.165, 1.54) is 5.56 Å². The molecule has 0 amide bonds. The van der Waals surface area contributed by atoms with E-state index in [1.54, 1.807) is 16.4 Å². The Balaban J connectivity index is 2.04. The van der Waals surface area contributed by atoms with Crippen LogP contribution in [0.1, 0.15) is 32.3 Å². The van der Waals surface area contributed by atoms with E-state index >= 15 is 0 Å². The van der Waals surface area contributed by atoms with Crippen molar-refractivity contribution in [1.82, 2.24) is 9.62 Å². The SMILES string of the molecule is CCNCCc1ccc(S(=O)(=O)N(CC)CC2CC2)cc1. The standard InChI is InChI=1S/C16H26N2O2S/c1-3-17-12-11-14-7-9-16(10-8-14)21(19,20)18(4-2)13-15-5-6-15/h7-10,15,17H,3-6,11-13H2,1-2H3. The van der Waals surface area contributed by atoms with Crippen LogP contribution in [0.3, 0.4) is 0 Å². The molecule has 0 atom stereocenters. The van der Waals surface area contributed by atoms with Crippen molar-refractivity contribution in [3.05, 3.63) is 29.8 Å². The first-order valence-electron chi connectivity index (χ1n) is 7.87. The summed E-state index contributed by atoms with van der Waals surface area (Å²) in [7, 11) is -3.33. The van der Waals surface area contributed by atoms with Crippen molar-refractivity contribution in [1.29, 1.82) is 0 Å². The first-order valence-corrected chi connectivity index (χ1v) is 9.31. The predicted molar refractivity (Wildman–Crippen MR) is 85.8 cm³/mol. The fraction of sp³-hybridized carbons (Fsp3) is 0.625. The summed E-state index contributed by atoms with van der Waals surface area (Å²) in [6.45, 7) is 7.08. The van der Waals surface area contributed by atoms with Gasteiger partial charge in [-0.2, -0.15) is 4.31 Å². The number of hydrogen-bond acceptors (Lipinski definition) is 3. The summed E-state index contributed by atoms with van der Waals surface area (Å²) in [5.41, 5.74) is 1.17. The van der Waals surface area contributed by atoms with Gasteiger partial charge in [-0.05, 0) is 56.0 Å². The fourth-order valence-electron chi connectivity index (χ4n) is 2.37. The van der Waals surface area contributed by atoms with E-state index < -0.39 is 10.0 Å². The van der Waals surface area contributed by atoms with Crippen molar-refractivity contribution in [3.63, 3.8) is 0 Å². The summed E-state index contributed by atoms with van der Waals surface area (Å²) >= 11 is 0. The Morgan fingerprint density at radius 3 is 2.38 bits per heavy atom. The van der Waals surface area contributed by atoms with Gasteiger partial charge < -0.3 is 5.32 Å². The van der Waals surface area contributed by atoms with Crippen molar-refractivity contribution >= 4 is 10.0 Å². The molecule has 1 N–H and O–H groups in total. The molecule has 0 saturated heterocycles. The van der Waals surface area contributed by atoms with Crippen LogP contribution >= 0.6 is 0 Å². The second kappa shape index (κ2) is 7.38. The molecule has 1 aliphatic carbocycles. The van der Waals surface area contributed by atoms with Gasteiger partial charge in [0.25, 0.3) is 0 Å². The van der Waals surface area contributed by atoms with Crippen LogP contribution in [-0.4, -0.2) is 38.9 Å². The second-order valence-electron chi connectivity index (χ2n) is 5.65. The minimum absolute atomic E-state index is 0.414. The Morgan fingerprint density at radius 2 is 1.86 bits per heavy atom. The third kappa shape index (κ3) is 4.53. The highest BCUT2D eigenvalue weighted by molar-refractivity contribution is 7.89. The molecule has 21 heavy (non-hydrogen) atoms. The molecule has 4 nitrogen and oxygen atoms in total. The molecule has 1 aromatic rings. The lowest BCUT2D eigenvalue weighted by atomic mass is 10.1. The average Bonchev–Trinajstić information content (AvgIpc) is 3.29. The van der Waals surface area contributed by atoms with Gasteiger partial charge in [0.1, 0.15) is 0 Å². The molecule has 0 aliphatic heterocycles. The van der Waals surface area contributed by atoms with E-state index in [2.05, 4.69) is 12.2 Å². The van der Waals surface area contributed by atoms with Crippen LogP contribution in [0.15, 0.2) is 29.2 Å². The number of hydrogen-bond donors (Lipinski definition) is 1. The maximum Gasteiger partial charge on any atom is 0.243 e. The van der Waals surface area contributed by atoms with Gasteiger partial charge in [-0.15, -0.1) is 0 Å². The molecule has 1 aliphatic rings. The van der Waals surface area contributed by atoms with Crippen LogP contribution in [0.5, 0.6) is 0 Å². The minimum Gasteiger partial charge on any atom is -0.317 e. The molecule has 1 aromatic carbocycles. The zero-order valence-corrected chi connectivity index (χ0v) is 13.8. The molecule has 118 valence electrons. The highest BCUT2D eigenvalue weighted by Gasteiger charge is 2.30. The molecule has 0 aromatic heterocycles. The molecule has 1 saturated carbocycles. The van der Waals surface area contributed by atoms with E-state index in [0.717, 1.165) is 32.4 Å². The van der Waals surface area contributed by atoms with Crippen molar-refractivity contribution < 1.29 is 8.42 Å². The van der Waals surface area contributed by atoms with Crippen LogP contribution in [0.2, 0.25) is 0 Å². The Kier molecular flexibility index (Phi) is 5.79. The monoisotopic (exact) mass is 310 g/mol. The fourth-order valence-corrected chi connectivity index (χ4v) is 3.90. The summed E-state index contributed by atoms with van der Waals surface area (Å²) in [4.78, 5) is 0.414. The second-order valence-corrected chi connectivity index (χ2v) is 7.58. The molecule has 0 unspecified atom stereocenters. The van der Waals surface area contributed by atoms with Crippen molar-refractivity contribution in [2.75, 3.05) is 26.2 Å². The van der Waals surface area contributed by atoms with Crippen LogP contribution in [0.25, 0.3) is 0 Å². The summed E-state index contributed by atoms with van der Waals surface area (Å²) < 4.78 is 26.8. The largest absolute Gasteiger partial charge is 0.317 e. The Bertz CT molecular complexity index is 536. The van der Waals surface area contributed by atoms with Crippen LogP contribution in [0.4, 0.5) is 0 Å². The lowest BCUT2D eigenvalue weighted by molar-refractivity contribution is 0.412. The smallest absolute Gasteiger partial charge is 0.243 e. The van der Waals surface area contributed by atoms with E-state index in [1.807, 2.05) is 19.1 Å². The number of rotatable bonds is 9. The Hall–Kier alpha value is -0.910. The van der Waals surface area contributed by atoms with E-state index in [-0.39, 0.29) is 0 Å². The maximum atomic E-state index is 12.6. The number of nitrogens with zero attached hydrogens (tertiary/aromatic N) is 1. The van der Waals surface area contributed by atoms with Gasteiger partial charge in [0.15, 0.2) is 0 Å². The van der Waals surface area contributed by atoms with Gasteiger partial charge in [-0.25, -0.2) is 8.42 Å². The minimum atomic E-state index is -3.33. The maximum absolute atomic E-state index is 12.6. The van der Waals surface area contributed by atoms with Crippen LogP contribution in [0, 0.1) is 5.92 Å². The molecule has 5 heteroatoms. The predicted octanol–water partition coefficient (Wildman–Crippen LogP) is 2.26. The van der Waals surface area contributed by atoms with Crippen molar-refractivity contribution in [2.45, 2.75) is 38.0 Å². The lowest BCUT2D eigenvalue weighted by Crippen LogP contribution is -2.32. The summed E-state index contributed by atoms with van der Waals surface area (Å²) in [5, 5.41) is 3.27. The van der Waals surface area contributed by atoms with Gasteiger partial charge >= 0.3 is 0 Å². The van der Waals surface area contributed by atoms with E-state index in [4.69, 9.17) is 0 Å². The van der Waals surface area contributed by atoms with Crippen molar-refractivity contribution in [2.24, 2.45) is 5.92 Å². The number of nitrogens with one attached hydrogen (secondary N) is 1. The highest BCUT2D eigenvalue weighted by Crippen LogP contribution is 2.31. The summed E-state index contributed by atoms with van der Waals surface area (Å²) in [6, 6.07) is 7.34. The zero-order valence-electron chi connectivity index (χ0n) is 13.0. The third-order valence-electron chi connectivity index (χ3n) is 3.91. The molecule has 0 spiro atoms. The normalized spacial score (nSPS) is 15.6. The molecular weight excluding hydrogens is 284 g/mol. The van der Waals surface area contributed by atoms with Crippen LogP contribution < -0.4 is 5.32 Å². The molecule has 2 rings (SSSR count). The van der Waals surface area contributed by atoms with Gasteiger partial charge in [-0.3, -0.25) is 0 Å². The van der Waals surface area contributed by atoms with E-state index in [9.17, 15) is 8.42 Å². The number of likely N-dealkylation sites (N-methyl/N-ethyl adjacent to an activating group) is 1. The van der Waals surface area contributed by atoms with Crippen LogP contribution in [-0.2, 0) is 16.4 Å². The topological polar surface area (TPSA) is 49.4 Å². The quantitative estimate of drug-likeness (QED) is 0.712. The lowest BCUT2D eigenvalue weighted by Gasteiger charge is -2.20. The van der Waals surface area contributed by atoms with E-state index in [0.29, 0.717) is 23.9 Å². The van der Waals surface area contributed by atoms with Gasteiger partial charge in [0.2, 0.25) is 10.0 Å². The average molecular weight is 310 g/mol. The van der Waals surface area contributed by atoms with Crippen molar-refractivity contribution in [3.8, 4) is 0 Å². The van der Waals surface area contributed by atoms with Gasteiger partial charge in [0.05, 0.1) is 4.90 Å². The molecule has 0 bridgehead atoms.